The van der Waals surface area contributed by atoms with Gasteiger partial charge in [-0.05, 0) is 79.9 Å². The molecule has 0 radical (unpaired) electrons. The summed E-state index contributed by atoms with van der Waals surface area (Å²) < 4.78 is 11.7. The van der Waals surface area contributed by atoms with Crippen LogP contribution in [0.4, 0.5) is 5.69 Å². The van der Waals surface area contributed by atoms with Gasteiger partial charge in [-0.3, -0.25) is 9.97 Å². The first-order valence-electron chi connectivity index (χ1n) is 14.0. The molecule has 6 aromatic rings. The Morgan fingerprint density at radius 2 is 1.43 bits per heavy atom. The molecule has 2 aromatic carbocycles. The summed E-state index contributed by atoms with van der Waals surface area (Å²) in [5, 5.41) is 6.39. The minimum atomic E-state index is 0.601. The van der Waals surface area contributed by atoms with Crippen molar-refractivity contribution in [2.75, 3.05) is 25.6 Å². The molecular weight excluding hydrogens is 546 g/mol. The third kappa shape index (κ3) is 6.26. The Bertz CT molecular complexity index is 1760. The lowest BCUT2D eigenvalue weighted by Gasteiger charge is -2.14. The molecule has 0 aliphatic carbocycles. The van der Waals surface area contributed by atoms with Gasteiger partial charge in [0.25, 0.3) is 0 Å². The zero-order valence-corrected chi connectivity index (χ0v) is 24.0. The molecule has 0 fully saturated rings. The Kier molecular flexibility index (Phi) is 8.38. The topological polar surface area (TPSA) is 82.0 Å². The molecular formula is C34H30ClN5O2. The van der Waals surface area contributed by atoms with E-state index >= 15 is 0 Å². The van der Waals surface area contributed by atoms with Gasteiger partial charge in [0.05, 0.1) is 53.2 Å². The van der Waals surface area contributed by atoms with E-state index in [9.17, 15) is 0 Å². The molecule has 0 spiro atoms. The van der Waals surface area contributed by atoms with Crippen molar-refractivity contribution in [2.45, 2.75) is 19.3 Å². The zero-order valence-electron chi connectivity index (χ0n) is 23.3. The summed E-state index contributed by atoms with van der Waals surface area (Å²) in [5.41, 5.74) is 5.91. The number of aromatic nitrogens is 4. The molecule has 7 nitrogen and oxygen atoms in total. The maximum atomic E-state index is 6.27. The molecule has 0 aliphatic rings. The monoisotopic (exact) mass is 575 g/mol. The van der Waals surface area contributed by atoms with E-state index in [0.717, 1.165) is 87.6 Å². The second-order valence-electron chi connectivity index (χ2n) is 9.87. The second kappa shape index (κ2) is 12.8. The second-order valence-corrected chi connectivity index (χ2v) is 10.3. The van der Waals surface area contributed by atoms with Gasteiger partial charge in [-0.2, -0.15) is 0 Å². The van der Waals surface area contributed by atoms with Gasteiger partial charge >= 0.3 is 0 Å². The Morgan fingerprint density at radius 1 is 0.667 bits per heavy atom. The number of nitrogens with one attached hydrogen (secondary N) is 1. The number of benzene rings is 2. The normalized spacial score (nSPS) is 11.1. The number of methoxy groups -OCH3 is 1. The summed E-state index contributed by atoms with van der Waals surface area (Å²) in [6, 6.07) is 27.2. The Hall–Kier alpha value is -4.75. The summed E-state index contributed by atoms with van der Waals surface area (Å²) >= 11 is 6.27. The van der Waals surface area contributed by atoms with Crippen LogP contribution in [0.5, 0.6) is 11.5 Å². The van der Waals surface area contributed by atoms with E-state index in [1.165, 1.54) is 0 Å². The lowest BCUT2D eigenvalue weighted by molar-refractivity contribution is 0.306. The van der Waals surface area contributed by atoms with Gasteiger partial charge in [0.1, 0.15) is 11.5 Å². The average molecular weight is 576 g/mol. The van der Waals surface area contributed by atoms with E-state index < -0.39 is 0 Å². The standard InChI is InChI=1S/C34H30ClN5O2/c1-41-24-12-14-28-27(20-24)34(26-13-11-23(35)19-31(26)39-28)38-17-5-2-8-18-42-25-21-32(29-9-3-6-15-36-29)40-33(22-25)30-10-4-7-16-37-30/h3-4,6-7,9-16,19-22H,2,5,8,17-18H2,1H3,(H,38,39). The van der Waals surface area contributed by atoms with Crippen molar-refractivity contribution >= 4 is 39.1 Å². The number of nitrogens with zero attached hydrogens (tertiary/aromatic N) is 4. The molecule has 0 atom stereocenters. The highest BCUT2D eigenvalue weighted by molar-refractivity contribution is 6.31. The number of ether oxygens (including phenoxy) is 2. The van der Waals surface area contributed by atoms with Gasteiger partial charge in [0.15, 0.2) is 0 Å². The van der Waals surface area contributed by atoms with E-state index in [1.807, 2.05) is 84.9 Å². The maximum Gasteiger partial charge on any atom is 0.123 e. The number of unbranched alkanes of at least 4 members (excludes halogenated alkanes) is 2. The summed E-state index contributed by atoms with van der Waals surface area (Å²) in [7, 11) is 1.68. The van der Waals surface area contributed by atoms with Crippen LogP contribution in [0.1, 0.15) is 19.3 Å². The minimum absolute atomic E-state index is 0.601. The molecule has 4 heterocycles. The van der Waals surface area contributed by atoms with Gasteiger partial charge in [0.2, 0.25) is 0 Å². The van der Waals surface area contributed by atoms with E-state index in [-0.39, 0.29) is 0 Å². The molecule has 210 valence electrons. The van der Waals surface area contributed by atoms with Crippen molar-refractivity contribution in [3.05, 3.63) is 102 Å². The van der Waals surface area contributed by atoms with E-state index in [4.69, 9.17) is 31.0 Å². The molecule has 0 aliphatic heterocycles. The van der Waals surface area contributed by atoms with Gasteiger partial charge in [0, 0.05) is 46.9 Å². The molecule has 0 bridgehead atoms. The SMILES string of the molecule is COc1ccc2nc3cc(Cl)ccc3c(NCCCCCOc3cc(-c4ccccn4)nc(-c4ccccn4)c3)c2c1. The zero-order chi connectivity index (χ0) is 28.7. The molecule has 8 heteroatoms. The van der Waals surface area contributed by atoms with Crippen molar-refractivity contribution in [2.24, 2.45) is 0 Å². The highest BCUT2D eigenvalue weighted by Crippen LogP contribution is 2.34. The van der Waals surface area contributed by atoms with E-state index in [0.29, 0.717) is 11.6 Å². The lowest BCUT2D eigenvalue weighted by atomic mass is 10.1. The molecule has 0 saturated heterocycles. The summed E-state index contributed by atoms with van der Waals surface area (Å²) in [5.74, 6) is 1.55. The Labute approximate surface area is 249 Å². The van der Waals surface area contributed by atoms with Crippen LogP contribution in [0.15, 0.2) is 97.3 Å². The van der Waals surface area contributed by atoms with Crippen LogP contribution in [0.2, 0.25) is 5.02 Å². The quantitative estimate of drug-likeness (QED) is 0.123. The van der Waals surface area contributed by atoms with Gasteiger partial charge < -0.3 is 14.8 Å². The summed E-state index contributed by atoms with van der Waals surface area (Å²) in [6.07, 6.45) is 6.45. The molecule has 0 saturated carbocycles. The number of hydrogen-bond donors (Lipinski definition) is 1. The first kappa shape index (κ1) is 27.4. The Morgan fingerprint density at radius 3 is 2.12 bits per heavy atom. The molecule has 6 rings (SSSR count). The van der Waals surface area contributed by atoms with Crippen LogP contribution in [0.3, 0.4) is 0 Å². The van der Waals surface area contributed by atoms with Crippen LogP contribution >= 0.6 is 11.6 Å². The predicted octanol–water partition coefficient (Wildman–Crippen LogP) is 8.23. The fourth-order valence-electron chi connectivity index (χ4n) is 4.90. The number of rotatable bonds is 11. The first-order valence-corrected chi connectivity index (χ1v) is 14.3. The molecule has 0 unspecified atom stereocenters. The predicted molar refractivity (Wildman–Crippen MR) is 169 cm³/mol. The van der Waals surface area contributed by atoms with E-state index in [1.54, 1.807) is 19.5 Å². The van der Waals surface area contributed by atoms with Crippen molar-refractivity contribution < 1.29 is 9.47 Å². The highest BCUT2D eigenvalue weighted by atomic mass is 35.5. The van der Waals surface area contributed by atoms with Crippen LogP contribution in [-0.4, -0.2) is 40.2 Å². The Balaban J connectivity index is 1.10. The van der Waals surface area contributed by atoms with Crippen molar-refractivity contribution in [1.82, 2.24) is 19.9 Å². The molecule has 42 heavy (non-hydrogen) atoms. The van der Waals surface area contributed by atoms with Crippen LogP contribution in [-0.2, 0) is 0 Å². The third-order valence-electron chi connectivity index (χ3n) is 6.99. The smallest absolute Gasteiger partial charge is 0.123 e. The number of hydrogen-bond acceptors (Lipinski definition) is 7. The summed E-state index contributed by atoms with van der Waals surface area (Å²) in [6.45, 7) is 1.42. The van der Waals surface area contributed by atoms with Crippen molar-refractivity contribution in [3.63, 3.8) is 0 Å². The number of anilines is 1. The van der Waals surface area contributed by atoms with Crippen molar-refractivity contribution in [1.29, 1.82) is 0 Å². The molecule has 4 aromatic heterocycles. The number of fused-ring (bicyclic) bond motifs is 2. The van der Waals surface area contributed by atoms with Crippen molar-refractivity contribution in [3.8, 4) is 34.3 Å². The average Bonchev–Trinajstić information content (AvgIpc) is 3.04. The largest absolute Gasteiger partial charge is 0.497 e. The lowest BCUT2D eigenvalue weighted by Crippen LogP contribution is -2.05. The fraction of sp³-hybridized carbons (Fsp3) is 0.176. The molecule has 1 N–H and O–H groups in total. The van der Waals surface area contributed by atoms with Crippen LogP contribution < -0.4 is 14.8 Å². The minimum Gasteiger partial charge on any atom is -0.497 e. The van der Waals surface area contributed by atoms with Gasteiger partial charge in [-0.15, -0.1) is 0 Å². The highest BCUT2D eigenvalue weighted by Gasteiger charge is 2.12. The van der Waals surface area contributed by atoms with Crippen LogP contribution in [0, 0.1) is 0 Å². The first-order chi connectivity index (χ1) is 20.7. The van der Waals surface area contributed by atoms with Gasteiger partial charge in [-0.25, -0.2) is 9.97 Å². The van der Waals surface area contributed by atoms with Crippen LogP contribution in [0.25, 0.3) is 44.6 Å². The summed E-state index contributed by atoms with van der Waals surface area (Å²) in [4.78, 5) is 18.5. The fourth-order valence-corrected chi connectivity index (χ4v) is 5.07. The molecule has 0 amide bonds. The third-order valence-corrected chi connectivity index (χ3v) is 7.22. The number of halogens is 1. The van der Waals surface area contributed by atoms with Gasteiger partial charge in [-0.1, -0.05) is 23.7 Å². The maximum absolute atomic E-state index is 6.27. The number of pyridine rings is 4. The van der Waals surface area contributed by atoms with E-state index in [2.05, 4.69) is 15.3 Å².